The lowest BCUT2D eigenvalue weighted by atomic mass is 9.95. The fourth-order valence-electron chi connectivity index (χ4n) is 3.88. The van der Waals surface area contributed by atoms with E-state index in [0.29, 0.717) is 17.6 Å². The molecule has 2 aliphatic rings. The molecular formula is C16H20FNO2. The third-order valence-electron chi connectivity index (χ3n) is 4.75. The fraction of sp³-hybridized carbons (Fsp3) is 0.562. The number of nitrogens with zero attached hydrogens (tertiary/aromatic N) is 1. The number of hydrogen-bond donors (Lipinski definition) is 1. The molecule has 4 heteroatoms. The van der Waals surface area contributed by atoms with Crippen molar-refractivity contribution < 1.29 is 14.3 Å². The van der Waals surface area contributed by atoms with E-state index in [1.54, 1.807) is 0 Å². The minimum Gasteiger partial charge on any atom is -0.478 e. The highest BCUT2D eigenvalue weighted by atomic mass is 19.1. The molecule has 0 aromatic heterocycles. The van der Waals surface area contributed by atoms with Gasteiger partial charge in [-0.05, 0) is 43.7 Å². The van der Waals surface area contributed by atoms with E-state index < -0.39 is 11.8 Å². The Kier molecular flexibility index (Phi) is 3.64. The number of aromatic carboxylic acids is 1. The Labute approximate surface area is 118 Å². The highest BCUT2D eigenvalue weighted by molar-refractivity contribution is 5.94. The number of carbonyl (C=O) groups is 1. The lowest BCUT2D eigenvalue weighted by molar-refractivity contribution is 0.0697. The van der Waals surface area contributed by atoms with Gasteiger partial charge in [-0.25, -0.2) is 9.18 Å². The molecule has 0 radical (unpaired) electrons. The summed E-state index contributed by atoms with van der Waals surface area (Å²) in [5, 5.41) is 9.31. The summed E-state index contributed by atoms with van der Waals surface area (Å²) in [6, 6.07) is 4.66. The van der Waals surface area contributed by atoms with E-state index in [0.717, 1.165) is 19.4 Å². The Bertz CT molecular complexity index is 511. The van der Waals surface area contributed by atoms with Crippen molar-refractivity contribution in [3.8, 4) is 0 Å². The van der Waals surface area contributed by atoms with Crippen LogP contribution in [-0.4, -0.2) is 23.7 Å². The quantitative estimate of drug-likeness (QED) is 0.916. The zero-order valence-corrected chi connectivity index (χ0v) is 11.5. The van der Waals surface area contributed by atoms with E-state index in [1.807, 2.05) is 4.90 Å². The van der Waals surface area contributed by atoms with Gasteiger partial charge in [-0.15, -0.1) is 0 Å². The molecule has 20 heavy (non-hydrogen) atoms. The molecule has 1 N–H and O–H groups in total. The summed E-state index contributed by atoms with van der Waals surface area (Å²) in [6.07, 6.45) is 6.96. The predicted molar refractivity (Wildman–Crippen MR) is 75.7 cm³/mol. The molecule has 2 fully saturated rings. The van der Waals surface area contributed by atoms with E-state index in [4.69, 9.17) is 0 Å². The number of carboxylic acid groups (broad SMARTS) is 1. The van der Waals surface area contributed by atoms with E-state index in [2.05, 4.69) is 0 Å². The van der Waals surface area contributed by atoms with E-state index in [-0.39, 0.29) is 5.56 Å². The zero-order chi connectivity index (χ0) is 14.1. The van der Waals surface area contributed by atoms with Gasteiger partial charge in [0, 0.05) is 12.6 Å². The summed E-state index contributed by atoms with van der Waals surface area (Å²) in [5.74, 6) is -0.856. The van der Waals surface area contributed by atoms with Crippen LogP contribution in [-0.2, 0) is 0 Å². The molecule has 1 aromatic carbocycles. The number of carboxylic acids is 1. The second-order valence-electron chi connectivity index (χ2n) is 5.89. The molecule has 3 rings (SSSR count). The van der Waals surface area contributed by atoms with Crippen molar-refractivity contribution >= 4 is 11.7 Å². The van der Waals surface area contributed by atoms with Crippen molar-refractivity contribution in [2.45, 2.75) is 44.6 Å². The van der Waals surface area contributed by atoms with Crippen molar-refractivity contribution in [3.05, 3.63) is 29.6 Å². The van der Waals surface area contributed by atoms with Crippen LogP contribution in [0, 0.1) is 11.7 Å². The Morgan fingerprint density at radius 2 is 1.95 bits per heavy atom. The van der Waals surface area contributed by atoms with Crippen LogP contribution in [0.3, 0.4) is 0 Å². The molecule has 0 bridgehead atoms. The summed E-state index contributed by atoms with van der Waals surface area (Å²) in [4.78, 5) is 13.4. The van der Waals surface area contributed by atoms with Gasteiger partial charge in [-0.3, -0.25) is 0 Å². The molecule has 1 aliphatic heterocycles. The first-order valence-corrected chi connectivity index (χ1v) is 7.47. The highest BCUT2D eigenvalue weighted by Crippen LogP contribution is 2.39. The summed E-state index contributed by atoms with van der Waals surface area (Å²) in [7, 11) is 0. The number of hydrogen-bond acceptors (Lipinski definition) is 2. The van der Waals surface area contributed by atoms with Gasteiger partial charge in [-0.1, -0.05) is 18.9 Å². The van der Waals surface area contributed by atoms with E-state index >= 15 is 0 Å². The average molecular weight is 277 g/mol. The molecule has 0 spiro atoms. The molecule has 1 aromatic rings. The van der Waals surface area contributed by atoms with Gasteiger partial charge in [0.2, 0.25) is 0 Å². The average Bonchev–Trinajstić information content (AvgIpc) is 3.08. The van der Waals surface area contributed by atoms with E-state index in [1.165, 1.54) is 43.9 Å². The van der Waals surface area contributed by atoms with Gasteiger partial charge in [0.1, 0.15) is 5.82 Å². The van der Waals surface area contributed by atoms with Crippen LogP contribution >= 0.6 is 0 Å². The lowest BCUT2D eigenvalue weighted by Crippen LogP contribution is -2.36. The Balaban J connectivity index is 1.96. The maximum atomic E-state index is 14.2. The molecule has 108 valence electrons. The second kappa shape index (κ2) is 5.43. The number of benzene rings is 1. The minimum atomic E-state index is -1.04. The molecule has 0 amide bonds. The van der Waals surface area contributed by atoms with Crippen molar-refractivity contribution in [2.24, 2.45) is 5.92 Å². The maximum absolute atomic E-state index is 14.2. The minimum absolute atomic E-state index is 0.0925. The summed E-state index contributed by atoms with van der Waals surface area (Å²) in [5.41, 5.74) is 0.393. The fourth-order valence-corrected chi connectivity index (χ4v) is 3.88. The molecule has 1 aliphatic carbocycles. The van der Waals surface area contributed by atoms with Gasteiger partial charge in [-0.2, -0.15) is 0 Å². The third kappa shape index (κ3) is 2.28. The maximum Gasteiger partial charge on any atom is 0.337 e. The van der Waals surface area contributed by atoms with Crippen molar-refractivity contribution in [1.82, 2.24) is 0 Å². The molecule has 1 unspecified atom stereocenters. The monoisotopic (exact) mass is 277 g/mol. The van der Waals surface area contributed by atoms with Crippen LogP contribution in [0.15, 0.2) is 18.2 Å². The SMILES string of the molecule is O=C(O)c1cccc(F)c1N1CCCC1C1CCCC1. The predicted octanol–water partition coefficient (Wildman–Crippen LogP) is 3.68. The van der Waals surface area contributed by atoms with Crippen molar-refractivity contribution in [1.29, 1.82) is 0 Å². The molecule has 3 nitrogen and oxygen atoms in total. The summed E-state index contributed by atoms with van der Waals surface area (Å²) in [6.45, 7) is 0.766. The van der Waals surface area contributed by atoms with Crippen LogP contribution in [0.25, 0.3) is 0 Å². The van der Waals surface area contributed by atoms with Crippen molar-refractivity contribution in [3.63, 3.8) is 0 Å². The van der Waals surface area contributed by atoms with Gasteiger partial charge >= 0.3 is 5.97 Å². The van der Waals surface area contributed by atoms with Crippen LogP contribution in [0.5, 0.6) is 0 Å². The normalized spacial score (nSPS) is 23.4. The molecule has 1 saturated heterocycles. The van der Waals surface area contributed by atoms with Gasteiger partial charge in [0.15, 0.2) is 0 Å². The van der Waals surface area contributed by atoms with Crippen LogP contribution in [0.2, 0.25) is 0 Å². The Morgan fingerprint density at radius 1 is 1.20 bits per heavy atom. The third-order valence-corrected chi connectivity index (χ3v) is 4.75. The topological polar surface area (TPSA) is 40.5 Å². The number of anilines is 1. The van der Waals surface area contributed by atoms with Crippen LogP contribution in [0.1, 0.15) is 48.9 Å². The first kappa shape index (κ1) is 13.4. The largest absolute Gasteiger partial charge is 0.478 e. The smallest absolute Gasteiger partial charge is 0.337 e. The first-order chi connectivity index (χ1) is 9.68. The van der Waals surface area contributed by atoms with Gasteiger partial charge in [0.05, 0.1) is 11.3 Å². The first-order valence-electron chi connectivity index (χ1n) is 7.47. The Morgan fingerprint density at radius 3 is 2.65 bits per heavy atom. The molecular weight excluding hydrogens is 257 g/mol. The molecule has 1 heterocycles. The second-order valence-corrected chi connectivity index (χ2v) is 5.89. The standard InChI is InChI=1S/C16H20FNO2/c17-13-8-3-7-12(16(19)20)15(13)18-10-4-9-14(18)11-5-1-2-6-11/h3,7-8,11,14H,1-2,4-6,9-10H2,(H,19,20). The van der Waals surface area contributed by atoms with E-state index in [9.17, 15) is 14.3 Å². The Hall–Kier alpha value is -1.58. The van der Waals surface area contributed by atoms with Gasteiger partial charge < -0.3 is 10.0 Å². The summed E-state index contributed by atoms with van der Waals surface area (Å²) < 4.78 is 14.2. The van der Waals surface area contributed by atoms with Crippen molar-refractivity contribution in [2.75, 3.05) is 11.4 Å². The molecule has 1 atom stereocenters. The number of rotatable bonds is 3. The van der Waals surface area contributed by atoms with Gasteiger partial charge in [0.25, 0.3) is 0 Å². The zero-order valence-electron chi connectivity index (χ0n) is 11.5. The van der Waals surface area contributed by atoms with Crippen LogP contribution < -0.4 is 4.90 Å². The van der Waals surface area contributed by atoms with Crippen LogP contribution in [0.4, 0.5) is 10.1 Å². The number of halogens is 1. The summed E-state index contributed by atoms with van der Waals surface area (Å²) >= 11 is 0. The lowest BCUT2D eigenvalue weighted by Gasteiger charge is -2.32. The molecule has 1 saturated carbocycles. The number of para-hydroxylation sites is 1. The highest BCUT2D eigenvalue weighted by Gasteiger charge is 2.36.